The highest BCUT2D eigenvalue weighted by Gasteiger charge is 2.51. The van der Waals surface area contributed by atoms with E-state index in [1.165, 1.54) is 12.8 Å². The number of unbranched alkanes of at least 4 members (excludes halogenated alkanes) is 1. The highest BCUT2D eigenvalue weighted by molar-refractivity contribution is 4.87. The topological polar surface area (TPSA) is 27.7 Å². The lowest BCUT2D eigenvalue weighted by atomic mass is 9.83. The summed E-state index contributed by atoms with van der Waals surface area (Å²) in [7, 11) is 0. The van der Waals surface area contributed by atoms with Crippen LogP contribution in [0.1, 0.15) is 39.5 Å². The number of fused-ring (bicyclic) bond motifs is 3. The molecule has 0 aromatic heterocycles. The zero-order valence-corrected chi connectivity index (χ0v) is 9.17. The van der Waals surface area contributed by atoms with Crippen molar-refractivity contribution in [3.63, 3.8) is 0 Å². The summed E-state index contributed by atoms with van der Waals surface area (Å²) in [4.78, 5) is 0. The summed E-state index contributed by atoms with van der Waals surface area (Å²) in [5.41, 5.74) is 0.146. The lowest BCUT2D eigenvalue weighted by Crippen LogP contribution is -2.59. The van der Waals surface area contributed by atoms with Gasteiger partial charge in [-0.1, -0.05) is 26.7 Å². The van der Waals surface area contributed by atoms with Gasteiger partial charge in [0.05, 0.1) is 19.8 Å². The van der Waals surface area contributed by atoms with Gasteiger partial charge in [-0.2, -0.15) is 0 Å². The molecule has 3 aliphatic heterocycles. The van der Waals surface area contributed by atoms with E-state index in [4.69, 9.17) is 14.2 Å². The van der Waals surface area contributed by atoms with Crippen LogP contribution in [0.4, 0.5) is 0 Å². The molecule has 2 bridgehead atoms. The highest BCUT2D eigenvalue weighted by atomic mass is 16.9. The summed E-state index contributed by atoms with van der Waals surface area (Å²) in [5, 5.41) is 0. The van der Waals surface area contributed by atoms with Crippen molar-refractivity contribution in [2.75, 3.05) is 19.8 Å². The second-order valence-corrected chi connectivity index (χ2v) is 4.51. The van der Waals surface area contributed by atoms with Crippen molar-refractivity contribution in [3.8, 4) is 0 Å². The summed E-state index contributed by atoms with van der Waals surface area (Å²) >= 11 is 0. The Labute approximate surface area is 85.7 Å². The predicted molar refractivity (Wildman–Crippen MR) is 52.8 cm³/mol. The van der Waals surface area contributed by atoms with Crippen LogP contribution in [0.2, 0.25) is 0 Å². The third-order valence-corrected chi connectivity index (χ3v) is 3.29. The second kappa shape index (κ2) is 3.80. The SMILES string of the molecule is CCCCC12COC(CC)(OC1)OC2. The van der Waals surface area contributed by atoms with Crippen molar-refractivity contribution >= 4 is 0 Å². The average Bonchev–Trinajstić information content (AvgIpc) is 2.29. The van der Waals surface area contributed by atoms with Crippen LogP contribution in [0.5, 0.6) is 0 Å². The fourth-order valence-corrected chi connectivity index (χ4v) is 2.11. The summed E-state index contributed by atoms with van der Waals surface area (Å²) in [6.45, 7) is 6.66. The third-order valence-electron chi connectivity index (χ3n) is 3.29. The highest BCUT2D eigenvalue weighted by Crippen LogP contribution is 2.42. The van der Waals surface area contributed by atoms with Crippen molar-refractivity contribution in [2.24, 2.45) is 5.41 Å². The molecule has 3 saturated heterocycles. The van der Waals surface area contributed by atoms with Crippen molar-refractivity contribution in [2.45, 2.75) is 45.5 Å². The van der Waals surface area contributed by atoms with E-state index in [1.54, 1.807) is 0 Å². The Hall–Kier alpha value is -0.120. The van der Waals surface area contributed by atoms with E-state index in [0.717, 1.165) is 32.7 Å². The maximum absolute atomic E-state index is 5.67. The van der Waals surface area contributed by atoms with Gasteiger partial charge in [-0.25, -0.2) is 0 Å². The van der Waals surface area contributed by atoms with Gasteiger partial charge < -0.3 is 14.2 Å². The Bertz CT molecular complexity index is 178. The maximum atomic E-state index is 5.67. The smallest absolute Gasteiger partial charge is 0.282 e. The summed E-state index contributed by atoms with van der Waals surface area (Å²) in [5.74, 6) is -0.700. The number of hydrogen-bond donors (Lipinski definition) is 0. The molecule has 14 heavy (non-hydrogen) atoms. The Morgan fingerprint density at radius 1 is 1.00 bits per heavy atom. The molecule has 82 valence electrons. The molecule has 0 spiro atoms. The fourth-order valence-electron chi connectivity index (χ4n) is 2.11. The summed E-state index contributed by atoms with van der Waals surface area (Å²) < 4.78 is 17.0. The molecule has 3 nitrogen and oxygen atoms in total. The zero-order valence-electron chi connectivity index (χ0n) is 9.17. The first-order chi connectivity index (χ1) is 6.74. The first-order valence-electron chi connectivity index (χ1n) is 5.66. The van der Waals surface area contributed by atoms with E-state index < -0.39 is 5.97 Å². The molecule has 3 aliphatic rings. The van der Waals surface area contributed by atoms with Crippen LogP contribution >= 0.6 is 0 Å². The average molecular weight is 200 g/mol. The van der Waals surface area contributed by atoms with Crippen molar-refractivity contribution < 1.29 is 14.2 Å². The van der Waals surface area contributed by atoms with Gasteiger partial charge in [-0.05, 0) is 6.42 Å². The lowest BCUT2D eigenvalue weighted by Gasteiger charge is -2.51. The van der Waals surface area contributed by atoms with E-state index in [9.17, 15) is 0 Å². The number of ether oxygens (including phenoxy) is 3. The molecule has 3 heterocycles. The predicted octanol–water partition coefficient (Wildman–Crippen LogP) is 2.30. The number of rotatable bonds is 4. The molecule has 0 unspecified atom stereocenters. The first-order valence-corrected chi connectivity index (χ1v) is 5.66. The van der Waals surface area contributed by atoms with E-state index in [2.05, 4.69) is 6.92 Å². The van der Waals surface area contributed by atoms with E-state index in [1.807, 2.05) is 6.92 Å². The molecule has 0 atom stereocenters. The Morgan fingerprint density at radius 3 is 2.00 bits per heavy atom. The van der Waals surface area contributed by atoms with Gasteiger partial charge in [-0.3, -0.25) is 0 Å². The van der Waals surface area contributed by atoms with Crippen molar-refractivity contribution in [1.82, 2.24) is 0 Å². The quantitative estimate of drug-likeness (QED) is 0.697. The standard InChI is InChI=1S/C11H20O3/c1-3-5-6-10-7-12-11(4-2,13-8-10)14-9-10/h3-9H2,1-2H3. The summed E-state index contributed by atoms with van der Waals surface area (Å²) in [6, 6.07) is 0. The van der Waals surface area contributed by atoms with Crippen LogP contribution < -0.4 is 0 Å². The monoisotopic (exact) mass is 200 g/mol. The van der Waals surface area contributed by atoms with E-state index >= 15 is 0 Å². The maximum Gasteiger partial charge on any atom is 0.282 e. The van der Waals surface area contributed by atoms with Gasteiger partial charge in [-0.15, -0.1) is 0 Å². The minimum atomic E-state index is -0.700. The van der Waals surface area contributed by atoms with Crippen molar-refractivity contribution in [3.05, 3.63) is 0 Å². The number of hydrogen-bond acceptors (Lipinski definition) is 3. The Kier molecular flexibility index (Phi) is 2.82. The zero-order chi connectivity index (χ0) is 10.1. The van der Waals surface area contributed by atoms with Crippen LogP contribution in [0, 0.1) is 5.41 Å². The molecular weight excluding hydrogens is 180 g/mol. The van der Waals surface area contributed by atoms with Crippen LogP contribution in [-0.4, -0.2) is 25.8 Å². The largest absolute Gasteiger partial charge is 0.327 e. The molecule has 0 radical (unpaired) electrons. The van der Waals surface area contributed by atoms with Crippen LogP contribution in [-0.2, 0) is 14.2 Å². The first kappa shape index (κ1) is 10.4. The van der Waals surface area contributed by atoms with Gasteiger partial charge in [0, 0.05) is 11.8 Å². The van der Waals surface area contributed by atoms with Crippen LogP contribution in [0.25, 0.3) is 0 Å². The summed E-state index contributed by atoms with van der Waals surface area (Å²) in [6.07, 6.45) is 4.38. The van der Waals surface area contributed by atoms with Crippen LogP contribution in [0.3, 0.4) is 0 Å². The molecular formula is C11H20O3. The molecule has 0 saturated carbocycles. The molecule has 3 rings (SSSR count). The van der Waals surface area contributed by atoms with Gasteiger partial charge in [0.1, 0.15) is 0 Å². The van der Waals surface area contributed by atoms with E-state index in [0.29, 0.717) is 0 Å². The van der Waals surface area contributed by atoms with Crippen molar-refractivity contribution in [1.29, 1.82) is 0 Å². The van der Waals surface area contributed by atoms with E-state index in [-0.39, 0.29) is 5.41 Å². The third kappa shape index (κ3) is 1.69. The Morgan fingerprint density at radius 2 is 1.57 bits per heavy atom. The second-order valence-electron chi connectivity index (χ2n) is 4.51. The minimum absolute atomic E-state index is 0.146. The molecule has 0 aromatic rings. The molecule has 0 aromatic carbocycles. The fraction of sp³-hybridized carbons (Fsp3) is 1.00. The molecule has 0 N–H and O–H groups in total. The molecule has 3 heteroatoms. The molecule has 0 aliphatic carbocycles. The molecule has 0 amide bonds. The molecule has 3 fully saturated rings. The Balaban J connectivity index is 1.95. The lowest BCUT2D eigenvalue weighted by molar-refractivity contribution is -0.469. The van der Waals surface area contributed by atoms with Gasteiger partial charge in [0.25, 0.3) is 5.97 Å². The van der Waals surface area contributed by atoms with Gasteiger partial charge in [0.15, 0.2) is 0 Å². The van der Waals surface area contributed by atoms with Gasteiger partial charge in [0.2, 0.25) is 0 Å². The normalized spacial score (nSPS) is 41.6. The van der Waals surface area contributed by atoms with Crippen LogP contribution in [0.15, 0.2) is 0 Å². The van der Waals surface area contributed by atoms with Gasteiger partial charge >= 0.3 is 0 Å². The minimum Gasteiger partial charge on any atom is -0.327 e.